The van der Waals surface area contributed by atoms with E-state index in [0.717, 1.165) is 34.7 Å². The predicted octanol–water partition coefficient (Wildman–Crippen LogP) is 4.41. The Hall–Kier alpha value is -1.83. The molecule has 0 saturated carbocycles. The summed E-state index contributed by atoms with van der Waals surface area (Å²) in [6.45, 7) is 7.47. The third-order valence-electron chi connectivity index (χ3n) is 4.31. The topological polar surface area (TPSA) is 36.4 Å². The number of likely N-dealkylation sites (N-methyl/N-ethyl adjacent to an activating group) is 1. The molecular weight excluding hydrogens is 369 g/mol. The smallest absolute Gasteiger partial charge is 0.234 e. The van der Waals surface area contributed by atoms with E-state index in [2.05, 4.69) is 23.7 Å². The molecule has 0 aliphatic rings. The van der Waals surface area contributed by atoms with Crippen molar-refractivity contribution < 1.29 is 9.18 Å². The van der Waals surface area contributed by atoms with Gasteiger partial charge in [-0.25, -0.2) is 9.37 Å². The monoisotopic (exact) mass is 391 g/mol. The molecule has 0 saturated heterocycles. The average molecular weight is 392 g/mol. The Bertz CT molecular complexity index is 859. The molecule has 4 nitrogen and oxygen atoms in total. The second-order valence-electron chi connectivity index (χ2n) is 5.94. The molecule has 3 rings (SSSR count). The Morgan fingerprint density at radius 2 is 2.00 bits per heavy atom. The molecule has 2 heterocycles. The molecule has 0 aliphatic heterocycles. The first-order valence-electron chi connectivity index (χ1n) is 8.72. The van der Waals surface area contributed by atoms with Gasteiger partial charge in [0, 0.05) is 18.0 Å². The first kappa shape index (κ1) is 18.9. The first-order valence-corrected chi connectivity index (χ1v) is 10.4. The van der Waals surface area contributed by atoms with Crippen LogP contribution in [0.25, 0.3) is 10.2 Å². The van der Waals surface area contributed by atoms with Crippen LogP contribution in [0, 0.1) is 5.82 Å². The number of carbonyl (C=O) groups is 1. The highest BCUT2D eigenvalue weighted by Crippen LogP contribution is 2.30. The summed E-state index contributed by atoms with van der Waals surface area (Å²) in [6, 6.07) is 8.46. The van der Waals surface area contributed by atoms with Crippen molar-refractivity contribution in [3.63, 3.8) is 0 Å². The fourth-order valence-electron chi connectivity index (χ4n) is 2.77. The zero-order chi connectivity index (χ0) is 18.5. The number of fused-ring (bicyclic) bond motifs is 1. The maximum absolute atomic E-state index is 13.5. The molecule has 0 aliphatic carbocycles. The Balaban J connectivity index is 1.85. The number of thiazole rings is 1. The largest absolute Gasteiger partial charge is 0.302 e. The molecule has 2 aromatic heterocycles. The summed E-state index contributed by atoms with van der Waals surface area (Å²) in [5.41, 5.74) is 0.725. The minimum absolute atomic E-state index is 0.0270. The number of thiophene rings is 1. The zero-order valence-corrected chi connectivity index (χ0v) is 16.6. The number of nitrogens with zero attached hydrogens (tertiary/aromatic N) is 3. The van der Waals surface area contributed by atoms with Gasteiger partial charge in [0.2, 0.25) is 5.91 Å². The van der Waals surface area contributed by atoms with Gasteiger partial charge >= 0.3 is 0 Å². The number of aromatic nitrogens is 1. The van der Waals surface area contributed by atoms with Gasteiger partial charge < -0.3 is 4.90 Å². The lowest BCUT2D eigenvalue weighted by Gasteiger charge is -2.24. The molecule has 0 unspecified atom stereocenters. The molecule has 1 aromatic carbocycles. The molecule has 7 heteroatoms. The second-order valence-corrected chi connectivity index (χ2v) is 7.98. The van der Waals surface area contributed by atoms with E-state index in [9.17, 15) is 9.18 Å². The lowest BCUT2D eigenvalue weighted by atomic mass is 10.3. The molecule has 0 bridgehead atoms. The van der Waals surface area contributed by atoms with Crippen LogP contribution in [0.3, 0.4) is 0 Å². The van der Waals surface area contributed by atoms with Crippen LogP contribution in [0.4, 0.5) is 9.52 Å². The number of carbonyl (C=O) groups excluding carboxylic acids is 1. The fourth-order valence-corrected chi connectivity index (χ4v) is 4.50. The van der Waals surface area contributed by atoms with Crippen molar-refractivity contribution in [1.29, 1.82) is 0 Å². The van der Waals surface area contributed by atoms with Crippen molar-refractivity contribution in [2.24, 2.45) is 0 Å². The summed E-state index contributed by atoms with van der Waals surface area (Å²) in [5.74, 6) is -0.258. The molecule has 0 radical (unpaired) electrons. The Morgan fingerprint density at radius 3 is 2.69 bits per heavy atom. The average Bonchev–Trinajstić information content (AvgIpc) is 3.27. The van der Waals surface area contributed by atoms with E-state index in [4.69, 9.17) is 0 Å². The number of rotatable bonds is 8. The predicted molar refractivity (Wildman–Crippen MR) is 108 cm³/mol. The lowest BCUT2D eigenvalue weighted by Crippen LogP contribution is -2.39. The van der Waals surface area contributed by atoms with E-state index in [1.807, 2.05) is 17.5 Å². The van der Waals surface area contributed by atoms with Crippen molar-refractivity contribution in [3.8, 4) is 0 Å². The molecule has 0 N–H and O–H groups in total. The van der Waals surface area contributed by atoms with Crippen LogP contribution < -0.4 is 4.90 Å². The highest BCUT2D eigenvalue weighted by atomic mass is 32.1. The molecule has 3 aromatic rings. The van der Waals surface area contributed by atoms with Crippen LogP contribution in [-0.4, -0.2) is 42.0 Å². The third-order valence-corrected chi connectivity index (χ3v) is 6.23. The summed E-state index contributed by atoms with van der Waals surface area (Å²) in [7, 11) is 0. The summed E-state index contributed by atoms with van der Waals surface area (Å²) in [5, 5.41) is 2.61. The normalized spacial score (nSPS) is 11.4. The fraction of sp³-hybridized carbons (Fsp3) is 0.368. The summed E-state index contributed by atoms with van der Waals surface area (Å²) in [4.78, 5) is 22.6. The van der Waals surface area contributed by atoms with Gasteiger partial charge in [0.25, 0.3) is 0 Å². The first-order chi connectivity index (χ1) is 12.6. The molecule has 138 valence electrons. The molecular formula is C19H22FN3OS2. The van der Waals surface area contributed by atoms with E-state index in [-0.39, 0.29) is 11.7 Å². The van der Waals surface area contributed by atoms with Crippen LogP contribution in [0.2, 0.25) is 0 Å². The maximum Gasteiger partial charge on any atom is 0.234 e. The Labute approximate surface area is 160 Å². The van der Waals surface area contributed by atoms with Gasteiger partial charge in [0.15, 0.2) is 5.13 Å². The van der Waals surface area contributed by atoms with Crippen molar-refractivity contribution in [3.05, 3.63) is 46.4 Å². The van der Waals surface area contributed by atoms with Gasteiger partial charge in [-0.1, -0.05) is 31.3 Å². The Kier molecular flexibility index (Phi) is 6.34. The quantitative estimate of drug-likeness (QED) is 0.570. The van der Waals surface area contributed by atoms with Crippen molar-refractivity contribution in [2.75, 3.05) is 31.1 Å². The standard InChI is InChI=1S/C19H22FN3OS2/c1-3-22(4-2)9-10-23(18(24)13-15-6-5-11-25-15)19-21-16-8-7-14(20)12-17(16)26-19/h5-8,11-12H,3-4,9-10,13H2,1-2H3. The number of anilines is 1. The van der Waals surface area contributed by atoms with Crippen LogP contribution in [0.15, 0.2) is 35.7 Å². The van der Waals surface area contributed by atoms with Gasteiger partial charge in [0.1, 0.15) is 5.82 Å². The van der Waals surface area contributed by atoms with Gasteiger partial charge in [-0.3, -0.25) is 9.69 Å². The maximum atomic E-state index is 13.5. The number of amides is 1. The van der Waals surface area contributed by atoms with E-state index in [0.29, 0.717) is 18.1 Å². The van der Waals surface area contributed by atoms with Crippen LogP contribution >= 0.6 is 22.7 Å². The summed E-state index contributed by atoms with van der Waals surface area (Å²) < 4.78 is 14.3. The van der Waals surface area contributed by atoms with Crippen LogP contribution in [-0.2, 0) is 11.2 Å². The van der Waals surface area contributed by atoms with Gasteiger partial charge in [-0.15, -0.1) is 11.3 Å². The molecule has 26 heavy (non-hydrogen) atoms. The van der Waals surface area contributed by atoms with Gasteiger partial charge in [-0.2, -0.15) is 0 Å². The molecule has 1 amide bonds. The van der Waals surface area contributed by atoms with E-state index >= 15 is 0 Å². The number of halogens is 1. The van der Waals surface area contributed by atoms with Crippen LogP contribution in [0.5, 0.6) is 0 Å². The summed E-state index contributed by atoms with van der Waals surface area (Å²) >= 11 is 2.95. The Morgan fingerprint density at radius 1 is 1.19 bits per heavy atom. The minimum atomic E-state index is -0.285. The highest BCUT2D eigenvalue weighted by molar-refractivity contribution is 7.22. The summed E-state index contributed by atoms with van der Waals surface area (Å²) in [6.07, 6.45) is 0.361. The van der Waals surface area contributed by atoms with Gasteiger partial charge in [0.05, 0.1) is 16.6 Å². The minimum Gasteiger partial charge on any atom is -0.302 e. The van der Waals surface area contributed by atoms with Crippen molar-refractivity contribution in [1.82, 2.24) is 9.88 Å². The molecule has 0 fully saturated rings. The highest BCUT2D eigenvalue weighted by Gasteiger charge is 2.21. The second kappa shape index (κ2) is 8.70. The number of hydrogen-bond acceptors (Lipinski definition) is 5. The SMILES string of the molecule is CCN(CC)CCN(C(=O)Cc1cccs1)c1nc2ccc(F)cc2s1. The van der Waals surface area contributed by atoms with Crippen molar-refractivity contribution >= 4 is 43.9 Å². The van der Waals surface area contributed by atoms with Gasteiger partial charge in [-0.05, 0) is 42.7 Å². The lowest BCUT2D eigenvalue weighted by molar-refractivity contribution is -0.118. The number of benzene rings is 1. The van der Waals surface area contributed by atoms with Crippen LogP contribution in [0.1, 0.15) is 18.7 Å². The zero-order valence-electron chi connectivity index (χ0n) is 14.9. The molecule has 0 atom stereocenters. The number of hydrogen-bond donors (Lipinski definition) is 0. The van der Waals surface area contributed by atoms with E-state index in [1.54, 1.807) is 22.3 Å². The molecule has 0 spiro atoms. The van der Waals surface area contributed by atoms with E-state index < -0.39 is 0 Å². The third kappa shape index (κ3) is 4.47. The van der Waals surface area contributed by atoms with E-state index in [1.165, 1.54) is 23.5 Å². The van der Waals surface area contributed by atoms with Crippen molar-refractivity contribution in [2.45, 2.75) is 20.3 Å².